The zero-order chi connectivity index (χ0) is 8.55. The average molecular weight is 184 g/mol. The standard InChI is InChI=1S/C9H10ClNO/c10-8-2-1-3-9-7(8)4-6(11)5-12-9/h1-3,6H,4-5,11H2/t6-/m0/s1. The number of hydrogen-bond donors (Lipinski definition) is 1. The van der Waals surface area contributed by atoms with Gasteiger partial charge in [0, 0.05) is 16.6 Å². The second-order valence-corrected chi connectivity index (χ2v) is 3.40. The summed E-state index contributed by atoms with van der Waals surface area (Å²) in [5.74, 6) is 0.879. The fourth-order valence-electron chi connectivity index (χ4n) is 1.39. The summed E-state index contributed by atoms with van der Waals surface area (Å²) in [4.78, 5) is 0. The Balaban J connectivity index is 2.43. The highest BCUT2D eigenvalue weighted by molar-refractivity contribution is 6.31. The maximum atomic E-state index is 5.97. The van der Waals surface area contributed by atoms with Crippen LogP contribution in [-0.2, 0) is 6.42 Å². The molecule has 64 valence electrons. The van der Waals surface area contributed by atoms with Crippen molar-refractivity contribution in [2.45, 2.75) is 12.5 Å². The van der Waals surface area contributed by atoms with Crippen LogP contribution in [0.25, 0.3) is 0 Å². The molecule has 1 atom stereocenters. The second-order valence-electron chi connectivity index (χ2n) is 2.99. The summed E-state index contributed by atoms with van der Waals surface area (Å²) in [6.45, 7) is 0.591. The molecule has 2 nitrogen and oxygen atoms in total. The minimum absolute atomic E-state index is 0.0809. The molecule has 2 rings (SSSR count). The highest BCUT2D eigenvalue weighted by Gasteiger charge is 2.18. The van der Waals surface area contributed by atoms with Crippen molar-refractivity contribution >= 4 is 11.6 Å². The summed E-state index contributed by atoms with van der Waals surface area (Å²) in [6, 6.07) is 5.75. The lowest BCUT2D eigenvalue weighted by Crippen LogP contribution is -2.33. The van der Waals surface area contributed by atoms with Crippen molar-refractivity contribution in [3.8, 4) is 5.75 Å². The van der Waals surface area contributed by atoms with Gasteiger partial charge in [-0.3, -0.25) is 0 Å². The van der Waals surface area contributed by atoms with E-state index in [1.54, 1.807) is 0 Å². The molecule has 1 aromatic carbocycles. The van der Waals surface area contributed by atoms with Gasteiger partial charge in [-0.15, -0.1) is 0 Å². The average Bonchev–Trinajstić information content (AvgIpc) is 2.07. The Kier molecular flexibility index (Phi) is 1.95. The van der Waals surface area contributed by atoms with E-state index in [9.17, 15) is 0 Å². The minimum Gasteiger partial charge on any atom is -0.492 e. The Bertz CT molecular complexity index is 301. The molecule has 0 unspecified atom stereocenters. The van der Waals surface area contributed by atoms with Crippen molar-refractivity contribution in [1.29, 1.82) is 0 Å². The third-order valence-electron chi connectivity index (χ3n) is 2.00. The summed E-state index contributed by atoms with van der Waals surface area (Å²) in [6.07, 6.45) is 0.814. The molecule has 0 spiro atoms. The molecule has 0 radical (unpaired) electrons. The van der Waals surface area contributed by atoms with Crippen molar-refractivity contribution in [2.75, 3.05) is 6.61 Å². The van der Waals surface area contributed by atoms with Gasteiger partial charge in [-0.1, -0.05) is 17.7 Å². The van der Waals surface area contributed by atoms with Crippen LogP contribution < -0.4 is 10.5 Å². The van der Waals surface area contributed by atoms with Gasteiger partial charge in [0.05, 0.1) is 0 Å². The molecule has 1 aliphatic rings. The first-order valence-electron chi connectivity index (χ1n) is 3.93. The lowest BCUT2D eigenvalue weighted by Gasteiger charge is -2.22. The van der Waals surface area contributed by atoms with E-state index in [0.717, 1.165) is 22.8 Å². The van der Waals surface area contributed by atoms with Crippen molar-refractivity contribution < 1.29 is 4.74 Å². The molecule has 0 aromatic heterocycles. The molecular formula is C9H10ClNO. The molecular weight excluding hydrogens is 174 g/mol. The molecule has 2 N–H and O–H groups in total. The quantitative estimate of drug-likeness (QED) is 0.663. The summed E-state index contributed by atoms with van der Waals surface area (Å²) in [5, 5.41) is 0.752. The maximum Gasteiger partial charge on any atom is 0.124 e. The fourth-order valence-corrected chi connectivity index (χ4v) is 1.63. The first-order chi connectivity index (χ1) is 5.77. The van der Waals surface area contributed by atoms with Gasteiger partial charge in [-0.2, -0.15) is 0 Å². The van der Waals surface area contributed by atoms with Gasteiger partial charge in [0.2, 0.25) is 0 Å². The Morgan fingerprint density at radius 3 is 3.17 bits per heavy atom. The van der Waals surface area contributed by atoms with E-state index >= 15 is 0 Å². The third kappa shape index (κ3) is 1.28. The molecule has 0 bridgehead atoms. The first-order valence-corrected chi connectivity index (χ1v) is 4.31. The van der Waals surface area contributed by atoms with Crippen LogP contribution in [0.5, 0.6) is 5.75 Å². The third-order valence-corrected chi connectivity index (χ3v) is 2.35. The summed E-state index contributed by atoms with van der Waals surface area (Å²) < 4.78 is 5.41. The molecule has 0 amide bonds. The molecule has 1 aromatic rings. The van der Waals surface area contributed by atoms with Gasteiger partial charge < -0.3 is 10.5 Å². The number of nitrogens with two attached hydrogens (primary N) is 1. The zero-order valence-corrected chi connectivity index (χ0v) is 7.34. The molecule has 0 fully saturated rings. The summed E-state index contributed by atoms with van der Waals surface area (Å²) in [7, 11) is 0. The Hall–Kier alpha value is -0.730. The summed E-state index contributed by atoms with van der Waals surface area (Å²) in [5.41, 5.74) is 6.77. The number of hydrogen-bond acceptors (Lipinski definition) is 2. The van der Waals surface area contributed by atoms with E-state index in [4.69, 9.17) is 22.1 Å². The molecule has 0 saturated carbocycles. The predicted molar refractivity (Wildman–Crippen MR) is 48.6 cm³/mol. The number of ether oxygens (including phenoxy) is 1. The van der Waals surface area contributed by atoms with Crippen LogP contribution in [0.1, 0.15) is 5.56 Å². The first kappa shape index (κ1) is 7.90. The van der Waals surface area contributed by atoms with Crippen LogP contribution in [0.3, 0.4) is 0 Å². The highest BCUT2D eigenvalue weighted by Crippen LogP contribution is 2.30. The van der Waals surface area contributed by atoms with E-state index in [0.29, 0.717) is 6.61 Å². The Morgan fingerprint density at radius 2 is 2.33 bits per heavy atom. The lowest BCUT2D eigenvalue weighted by atomic mass is 10.0. The van der Waals surface area contributed by atoms with Gasteiger partial charge in [-0.25, -0.2) is 0 Å². The highest BCUT2D eigenvalue weighted by atomic mass is 35.5. The van der Waals surface area contributed by atoms with Gasteiger partial charge in [0.25, 0.3) is 0 Å². The number of rotatable bonds is 0. The topological polar surface area (TPSA) is 35.2 Å². The van der Waals surface area contributed by atoms with Crippen LogP contribution in [0.4, 0.5) is 0 Å². The zero-order valence-electron chi connectivity index (χ0n) is 6.59. The number of fused-ring (bicyclic) bond motifs is 1. The van der Waals surface area contributed by atoms with E-state index in [-0.39, 0.29) is 6.04 Å². The number of benzene rings is 1. The van der Waals surface area contributed by atoms with E-state index in [1.807, 2.05) is 18.2 Å². The van der Waals surface area contributed by atoms with Crippen LogP contribution in [0.15, 0.2) is 18.2 Å². The molecule has 1 aliphatic heterocycles. The van der Waals surface area contributed by atoms with E-state index in [1.165, 1.54) is 0 Å². The van der Waals surface area contributed by atoms with Crippen molar-refractivity contribution in [3.05, 3.63) is 28.8 Å². The van der Waals surface area contributed by atoms with Crippen LogP contribution in [0.2, 0.25) is 5.02 Å². The summed E-state index contributed by atoms with van der Waals surface area (Å²) >= 11 is 5.97. The Labute approximate surface area is 76.3 Å². The smallest absolute Gasteiger partial charge is 0.124 e. The normalized spacial score (nSPS) is 21.3. The van der Waals surface area contributed by atoms with Gasteiger partial charge in [0.15, 0.2) is 0 Å². The molecule has 0 saturated heterocycles. The molecule has 0 aliphatic carbocycles. The molecule has 1 heterocycles. The maximum absolute atomic E-state index is 5.97. The van der Waals surface area contributed by atoms with E-state index in [2.05, 4.69) is 0 Å². The van der Waals surface area contributed by atoms with Crippen molar-refractivity contribution in [1.82, 2.24) is 0 Å². The monoisotopic (exact) mass is 183 g/mol. The lowest BCUT2D eigenvalue weighted by molar-refractivity contribution is 0.263. The fraction of sp³-hybridized carbons (Fsp3) is 0.333. The van der Waals surface area contributed by atoms with Crippen LogP contribution in [0, 0.1) is 0 Å². The van der Waals surface area contributed by atoms with Crippen molar-refractivity contribution in [3.63, 3.8) is 0 Å². The SMILES string of the molecule is N[C@@H]1COc2cccc(Cl)c2C1. The molecule has 3 heteroatoms. The minimum atomic E-state index is 0.0809. The van der Waals surface area contributed by atoms with Gasteiger partial charge >= 0.3 is 0 Å². The Morgan fingerprint density at radius 1 is 1.50 bits per heavy atom. The second kappa shape index (κ2) is 2.96. The van der Waals surface area contributed by atoms with Gasteiger partial charge in [0.1, 0.15) is 12.4 Å². The van der Waals surface area contributed by atoms with E-state index < -0.39 is 0 Å². The molecule has 12 heavy (non-hydrogen) atoms. The van der Waals surface area contributed by atoms with Crippen LogP contribution >= 0.6 is 11.6 Å². The van der Waals surface area contributed by atoms with Gasteiger partial charge in [-0.05, 0) is 18.6 Å². The predicted octanol–water partition coefficient (Wildman–Crippen LogP) is 1.60. The van der Waals surface area contributed by atoms with Crippen LogP contribution in [-0.4, -0.2) is 12.6 Å². The number of halogens is 1. The largest absolute Gasteiger partial charge is 0.492 e. The van der Waals surface area contributed by atoms with Crippen molar-refractivity contribution in [2.24, 2.45) is 5.73 Å².